The van der Waals surface area contributed by atoms with E-state index in [1.807, 2.05) is 30.3 Å². The normalized spacial score (nSPS) is 10.8. The van der Waals surface area contributed by atoms with Gasteiger partial charge in [0.2, 0.25) is 5.16 Å². The van der Waals surface area contributed by atoms with Gasteiger partial charge in [-0.05, 0) is 25.1 Å². The van der Waals surface area contributed by atoms with Crippen LogP contribution in [0.25, 0.3) is 17.0 Å². The molecule has 0 atom stereocenters. The van der Waals surface area contributed by atoms with Crippen LogP contribution in [-0.4, -0.2) is 45.0 Å². The van der Waals surface area contributed by atoms with Crippen LogP contribution in [0.5, 0.6) is 5.75 Å². The summed E-state index contributed by atoms with van der Waals surface area (Å²) in [6, 6.07) is 9.51. The summed E-state index contributed by atoms with van der Waals surface area (Å²) >= 11 is 1.22. The highest BCUT2D eigenvalue weighted by Crippen LogP contribution is 2.29. The van der Waals surface area contributed by atoms with E-state index in [0.717, 1.165) is 17.0 Å². The van der Waals surface area contributed by atoms with Gasteiger partial charge in [0, 0.05) is 11.8 Å². The van der Waals surface area contributed by atoms with Crippen LogP contribution in [0.2, 0.25) is 0 Å². The lowest BCUT2D eigenvalue weighted by atomic mass is 10.1. The van der Waals surface area contributed by atoms with Crippen molar-refractivity contribution >= 4 is 23.5 Å². The minimum atomic E-state index is -0.292. The molecule has 0 unspecified atom stereocenters. The summed E-state index contributed by atoms with van der Waals surface area (Å²) in [5.74, 6) is 1.07. The van der Waals surface area contributed by atoms with Gasteiger partial charge < -0.3 is 9.47 Å². The fraction of sp³-hybridized carbons (Fsp3) is 0.250. The number of carbonyl (C=O) groups is 1. The summed E-state index contributed by atoms with van der Waals surface area (Å²) in [4.78, 5) is 20.0. The zero-order valence-electron chi connectivity index (χ0n) is 13.3. The average Bonchev–Trinajstić information content (AvgIpc) is 3.03. The van der Waals surface area contributed by atoms with E-state index in [0.29, 0.717) is 17.5 Å². The topological polar surface area (TPSA) is 78.6 Å². The molecule has 0 amide bonds. The Morgan fingerprint density at radius 2 is 2.12 bits per heavy atom. The molecule has 0 bridgehead atoms. The first kappa shape index (κ1) is 16.3. The molecule has 0 spiro atoms. The van der Waals surface area contributed by atoms with Gasteiger partial charge in [0.15, 0.2) is 0 Å². The number of thioether (sulfide) groups is 1. The molecule has 0 aliphatic carbocycles. The summed E-state index contributed by atoms with van der Waals surface area (Å²) in [5.41, 5.74) is 1.70. The number of benzene rings is 1. The molecule has 0 aliphatic rings. The molecule has 1 aromatic carbocycles. The highest BCUT2D eigenvalue weighted by molar-refractivity contribution is 7.99. The molecule has 2 aromatic heterocycles. The lowest BCUT2D eigenvalue weighted by molar-refractivity contribution is -0.139. The van der Waals surface area contributed by atoms with Crippen molar-refractivity contribution in [1.82, 2.24) is 19.6 Å². The summed E-state index contributed by atoms with van der Waals surface area (Å²) in [6.07, 6.45) is 1.67. The Morgan fingerprint density at radius 1 is 1.29 bits per heavy atom. The molecule has 2 heterocycles. The Balaban J connectivity index is 1.94. The summed E-state index contributed by atoms with van der Waals surface area (Å²) in [6.45, 7) is 2.13. The van der Waals surface area contributed by atoms with Crippen molar-refractivity contribution in [2.75, 3.05) is 19.5 Å². The maximum atomic E-state index is 11.5. The van der Waals surface area contributed by atoms with Gasteiger partial charge in [-0.2, -0.15) is 9.50 Å². The van der Waals surface area contributed by atoms with E-state index >= 15 is 0 Å². The van der Waals surface area contributed by atoms with Crippen molar-refractivity contribution in [3.05, 3.63) is 36.5 Å². The van der Waals surface area contributed by atoms with Crippen molar-refractivity contribution in [2.24, 2.45) is 0 Å². The Kier molecular flexibility index (Phi) is 4.95. The number of hydrogen-bond donors (Lipinski definition) is 0. The third kappa shape index (κ3) is 3.33. The van der Waals surface area contributed by atoms with Crippen LogP contribution in [0.3, 0.4) is 0 Å². The minimum absolute atomic E-state index is 0.161. The third-order valence-corrected chi connectivity index (χ3v) is 4.04. The summed E-state index contributed by atoms with van der Waals surface area (Å²) < 4.78 is 12.0. The van der Waals surface area contributed by atoms with Gasteiger partial charge in [-0.15, -0.1) is 5.10 Å². The van der Waals surface area contributed by atoms with E-state index in [4.69, 9.17) is 9.47 Å². The van der Waals surface area contributed by atoms with Crippen molar-refractivity contribution in [2.45, 2.75) is 12.1 Å². The molecule has 7 nitrogen and oxygen atoms in total. The molecular weight excluding hydrogens is 328 g/mol. The highest BCUT2D eigenvalue weighted by Gasteiger charge is 2.14. The number of nitrogens with zero attached hydrogens (tertiary/aromatic N) is 4. The van der Waals surface area contributed by atoms with Gasteiger partial charge in [0.25, 0.3) is 5.78 Å². The van der Waals surface area contributed by atoms with Crippen LogP contribution < -0.4 is 4.74 Å². The number of ether oxygens (including phenoxy) is 2. The molecule has 0 saturated heterocycles. The van der Waals surface area contributed by atoms with Gasteiger partial charge in [-0.3, -0.25) is 4.79 Å². The SMILES string of the molecule is CCOC(=O)CSc1nc2nccc(-c3ccccc3OC)n2n1. The van der Waals surface area contributed by atoms with Crippen molar-refractivity contribution in [3.8, 4) is 17.0 Å². The van der Waals surface area contributed by atoms with Gasteiger partial charge >= 0.3 is 5.97 Å². The predicted molar refractivity (Wildman–Crippen MR) is 90.1 cm³/mol. The zero-order valence-corrected chi connectivity index (χ0v) is 14.1. The molecule has 0 N–H and O–H groups in total. The van der Waals surface area contributed by atoms with E-state index in [9.17, 15) is 4.79 Å². The quantitative estimate of drug-likeness (QED) is 0.502. The lowest BCUT2D eigenvalue weighted by Gasteiger charge is -2.08. The molecule has 0 fully saturated rings. The molecule has 0 aliphatic heterocycles. The lowest BCUT2D eigenvalue weighted by Crippen LogP contribution is -2.06. The van der Waals surface area contributed by atoms with E-state index < -0.39 is 0 Å². The average molecular weight is 344 g/mol. The van der Waals surface area contributed by atoms with Crippen LogP contribution in [0.15, 0.2) is 41.7 Å². The maximum Gasteiger partial charge on any atom is 0.316 e. The standard InChI is InChI=1S/C16H16N4O3S/c1-3-23-14(21)10-24-16-18-15-17-9-8-12(20(15)19-16)11-6-4-5-7-13(11)22-2/h4-9H,3,10H2,1-2H3. The Morgan fingerprint density at radius 3 is 2.92 bits per heavy atom. The largest absolute Gasteiger partial charge is 0.496 e. The van der Waals surface area contributed by atoms with E-state index in [2.05, 4.69) is 15.1 Å². The first-order chi connectivity index (χ1) is 11.7. The number of hydrogen-bond acceptors (Lipinski definition) is 7. The highest BCUT2D eigenvalue weighted by atomic mass is 32.2. The number of rotatable bonds is 6. The second-order valence-electron chi connectivity index (χ2n) is 4.73. The van der Waals surface area contributed by atoms with Crippen LogP contribution in [0.4, 0.5) is 0 Å². The number of para-hydroxylation sites is 1. The maximum absolute atomic E-state index is 11.5. The molecule has 0 radical (unpaired) electrons. The molecule has 0 saturated carbocycles. The van der Waals surface area contributed by atoms with Gasteiger partial charge in [-0.25, -0.2) is 4.98 Å². The zero-order chi connectivity index (χ0) is 16.9. The van der Waals surface area contributed by atoms with Crippen LogP contribution >= 0.6 is 11.8 Å². The van der Waals surface area contributed by atoms with E-state index in [1.165, 1.54) is 11.8 Å². The second-order valence-corrected chi connectivity index (χ2v) is 5.67. The Bertz CT molecular complexity index is 865. The van der Waals surface area contributed by atoms with Gasteiger partial charge in [0.05, 0.1) is 25.2 Å². The molecule has 24 heavy (non-hydrogen) atoms. The van der Waals surface area contributed by atoms with Gasteiger partial charge in [-0.1, -0.05) is 23.9 Å². The molecule has 3 rings (SSSR count). The van der Waals surface area contributed by atoms with Crippen LogP contribution in [0.1, 0.15) is 6.92 Å². The molecule has 8 heteroatoms. The van der Waals surface area contributed by atoms with Gasteiger partial charge in [0.1, 0.15) is 5.75 Å². The van der Waals surface area contributed by atoms with Crippen molar-refractivity contribution in [1.29, 1.82) is 0 Å². The van der Waals surface area contributed by atoms with Crippen molar-refractivity contribution in [3.63, 3.8) is 0 Å². The van der Waals surface area contributed by atoms with E-state index in [1.54, 1.807) is 24.7 Å². The number of fused-ring (bicyclic) bond motifs is 1. The van der Waals surface area contributed by atoms with E-state index in [-0.39, 0.29) is 11.7 Å². The fourth-order valence-electron chi connectivity index (χ4n) is 2.22. The number of aromatic nitrogens is 4. The van der Waals surface area contributed by atoms with Crippen LogP contribution in [0, 0.1) is 0 Å². The first-order valence-electron chi connectivity index (χ1n) is 7.36. The smallest absolute Gasteiger partial charge is 0.316 e. The monoisotopic (exact) mass is 344 g/mol. The van der Waals surface area contributed by atoms with Crippen LogP contribution in [-0.2, 0) is 9.53 Å². The summed E-state index contributed by atoms with van der Waals surface area (Å²) in [5, 5.41) is 4.91. The first-order valence-corrected chi connectivity index (χ1v) is 8.35. The Hall–Kier alpha value is -2.61. The molecule has 124 valence electrons. The van der Waals surface area contributed by atoms with Crippen molar-refractivity contribution < 1.29 is 14.3 Å². The molecular formula is C16H16N4O3S. The summed E-state index contributed by atoms with van der Waals surface area (Å²) in [7, 11) is 1.62. The number of carbonyl (C=O) groups excluding carboxylic acids is 1. The molecule has 3 aromatic rings. The fourth-order valence-corrected chi connectivity index (χ4v) is 2.84. The predicted octanol–water partition coefficient (Wildman–Crippen LogP) is 2.46. The minimum Gasteiger partial charge on any atom is -0.496 e. The third-order valence-electron chi connectivity index (χ3n) is 3.23. The second kappa shape index (κ2) is 7.31. The Labute approximate surface area is 143 Å². The number of esters is 1. The number of methoxy groups -OCH3 is 1.